The van der Waals surface area contributed by atoms with Crippen molar-refractivity contribution in [3.63, 3.8) is 0 Å². The first kappa shape index (κ1) is 15.8. The molecule has 0 bridgehead atoms. The van der Waals surface area contributed by atoms with Crippen LogP contribution in [-0.4, -0.2) is 31.6 Å². The van der Waals surface area contributed by atoms with Crippen molar-refractivity contribution >= 4 is 11.6 Å². The molecular weight excluding hydrogens is 269 g/mol. The number of hydrogen-bond donors (Lipinski definition) is 2. The largest absolute Gasteiger partial charge is 0.358 e. The standard InChI is InChI=1S/C16H24FN3O/c1-4-8-18-11(2)15-13(17)6-5-7-14(15)20-10-9-19-16(21)12(20)3/h5-7,11-12,18H,4,8-10H2,1-3H3,(H,19,21). The van der Waals surface area contributed by atoms with Gasteiger partial charge in [-0.3, -0.25) is 4.79 Å². The van der Waals surface area contributed by atoms with Crippen LogP contribution in [0.1, 0.15) is 38.8 Å². The van der Waals surface area contributed by atoms with Gasteiger partial charge in [-0.15, -0.1) is 0 Å². The normalized spacial score (nSPS) is 20.3. The molecule has 1 saturated heterocycles. The van der Waals surface area contributed by atoms with Gasteiger partial charge in [-0.05, 0) is 38.9 Å². The van der Waals surface area contributed by atoms with Crippen molar-refractivity contribution in [2.75, 3.05) is 24.5 Å². The summed E-state index contributed by atoms with van der Waals surface area (Å²) in [5, 5.41) is 6.17. The van der Waals surface area contributed by atoms with Crippen LogP contribution in [0.25, 0.3) is 0 Å². The summed E-state index contributed by atoms with van der Waals surface area (Å²) < 4.78 is 14.3. The molecule has 1 aromatic carbocycles. The molecule has 0 saturated carbocycles. The maximum absolute atomic E-state index is 14.3. The Labute approximate surface area is 125 Å². The second kappa shape index (κ2) is 6.89. The number of nitrogens with one attached hydrogen (secondary N) is 2. The van der Waals surface area contributed by atoms with Crippen LogP contribution in [0.2, 0.25) is 0 Å². The topological polar surface area (TPSA) is 44.4 Å². The number of carbonyl (C=O) groups is 1. The molecule has 2 rings (SSSR count). The summed E-state index contributed by atoms with van der Waals surface area (Å²) in [7, 11) is 0. The minimum absolute atomic E-state index is 0.00867. The zero-order valence-corrected chi connectivity index (χ0v) is 12.9. The highest BCUT2D eigenvalue weighted by atomic mass is 19.1. The summed E-state index contributed by atoms with van der Waals surface area (Å²) in [5.41, 5.74) is 1.46. The third kappa shape index (κ3) is 3.35. The Balaban J connectivity index is 2.34. The Morgan fingerprint density at radius 2 is 2.29 bits per heavy atom. The van der Waals surface area contributed by atoms with Crippen LogP contribution in [0.5, 0.6) is 0 Å². The summed E-state index contributed by atoms with van der Waals surface area (Å²) in [6.07, 6.45) is 0.997. The Morgan fingerprint density at radius 1 is 1.52 bits per heavy atom. The molecule has 1 aliphatic rings. The number of piperazine rings is 1. The van der Waals surface area contributed by atoms with E-state index in [1.807, 2.05) is 24.8 Å². The monoisotopic (exact) mass is 293 g/mol. The third-order valence-electron chi connectivity index (χ3n) is 3.97. The van der Waals surface area contributed by atoms with Crippen molar-refractivity contribution in [1.82, 2.24) is 10.6 Å². The van der Waals surface area contributed by atoms with E-state index in [0.717, 1.165) is 18.7 Å². The van der Waals surface area contributed by atoms with E-state index in [4.69, 9.17) is 0 Å². The lowest BCUT2D eigenvalue weighted by molar-refractivity contribution is -0.122. The van der Waals surface area contributed by atoms with E-state index >= 15 is 0 Å². The highest BCUT2D eigenvalue weighted by Crippen LogP contribution is 2.30. The van der Waals surface area contributed by atoms with Crippen molar-refractivity contribution in [1.29, 1.82) is 0 Å². The molecule has 1 fully saturated rings. The minimum Gasteiger partial charge on any atom is -0.358 e. The molecule has 5 heteroatoms. The molecule has 2 N–H and O–H groups in total. The molecule has 1 amide bonds. The van der Waals surface area contributed by atoms with Crippen molar-refractivity contribution < 1.29 is 9.18 Å². The van der Waals surface area contributed by atoms with Gasteiger partial charge in [-0.2, -0.15) is 0 Å². The summed E-state index contributed by atoms with van der Waals surface area (Å²) in [4.78, 5) is 13.8. The summed E-state index contributed by atoms with van der Waals surface area (Å²) in [5.74, 6) is -0.229. The van der Waals surface area contributed by atoms with Crippen molar-refractivity contribution in [2.45, 2.75) is 39.3 Å². The average Bonchev–Trinajstić information content (AvgIpc) is 2.47. The van der Waals surface area contributed by atoms with Gasteiger partial charge in [-0.25, -0.2) is 4.39 Å². The maximum Gasteiger partial charge on any atom is 0.242 e. The number of carbonyl (C=O) groups excluding carboxylic acids is 1. The Hall–Kier alpha value is -1.62. The Morgan fingerprint density at radius 3 is 3.00 bits per heavy atom. The molecule has 116 valence electrons. The van der Waals surface area contributed by atoms with Crippen LogP contribution in [0, 0.1) is 5.82 Å². The molecule has 1 heterocycles. The molecule has 21 heavy (non-hydrogen) atoms. The lowest BCUT2D eigenvalue weighted by atomic mass is 10.0. The van der Waals surface area contributed by atoms with Crippen LogP contribution in [-0.2, 0) is 4.79 Å². The molecule has 0 aliphatic carbocycles. The van der Waals surface area contributed by atoms with Gasteiger partial charge in [0.2, 0.25) is 5.91 Å². The fourth-order valence-electron chi connectivity index (χ4n) is 2.78. The lowest BCUT2D eigenvalue weighted by Crippen LogP contribution is -2.54. The van der Waals surface area contributed by atoms with Crippen LogP contribution in [0.15, 0.2) is 18.2 Å². The van der Waals surface area contributed by atoms with Gasteiger partial charge >= 0.3 is 0 Å². The van der Waals surface area contributed by atoms with E-state index in [-0.39, 0.29) is 23.8 Å². The number of rotatable bonds is 5. The average molecular weight is 293 g/mol. The molecule has 0 aromatic heterocycles. The first-order valence-corrected chi connectivity index (χ1v) is 7.62. The van der Waals surface area contributed by atoms with E-state index < -0.39 is 0 Å². The van der Waals surface area contributed by atoms with E-state index in [9.17, 15) is 9.18 Å². The number of hydrogen-bond acceptors (Lipinski definition) is 3. The van der Waals surface area contributed by atoms with Gasteiger partial charge in [0.05, 0.1) is 0 Å². The zero-order chi connectivity index (χ0) is 15.4. The summed E-state index contributed by atoms with van der Waals surface area (Å²) in [6.45, 7) is 8.03. The molecule has 0 radical (unpaired) electrons. The quantitative estimate of drug-likeness (QED) is 0.875. The van der Waals surface area contributed by atoms with E-state index in [0.29, 0.717) is 18.7 Å². The van der Waals surface area contributed by atoms with Gasteiger partial charge < -0.3 is 15.5 Å². The highest BCUT2D eigenvalue weighted by Gasteiger charge is 2.29. The molecule has 2 atom stereocenters. The second-order valence-electron chi connectivity index (χ2n) is 5.51. The van der Waals surface area contributed by atoms with Crippen LogP contribution in [0.3, 0.4) is 0 Å². The SMILES string of the molecule is CCCNC(C)c1c(F)cccc1N1CCNC(=O)C1C. The fourth-order valence-corrected chi connectivity index (χ4v) is 2.78. The zero-order valence-electron chi connectivity index (χ0n) is 12.9. The number of anilines is 1. The predicted molar refractivity (Wildman–Crippen MR) is 82.9 cm³/mol. The van der Waals surface area contributed by atoms with Gasteiger partial charge in [0.15, 0.2) is 0 Å². The van der Waals surface area contributed by atoms with Crippen molar-refractivity contribution in [2.24, 2.45) is 0 Å². The molecular formula is C16H24FN3O. The molecule has 1 aliphatic heterocycles. The van der Waals surface area contributed by atoms with Gasteiger partial charge in [0, 0.05) is 30.4 Å². The molecule has 4 nitrogen and oxygen atoms in total. The van der Waals surface area contributed by atoms with Crippen molar-refractivity contribution in [3.8, 4) is 0 Å². The maximum atomic E-state index is 14.3. The molecule has 0 spiro atoms. The van der Waals surface area contributed by atoms with Gasteiger partial charge in [0.1, 0.15) is 11.9 Å². The van der Waals surface area contributed by atoms with Crippen molar-refractivity contribution in [3.05, 3.63) is 29.6 Å². The third-order valence-corrected chi connectivity index (χ3v) is 3.97. The predicted octanol–water partition coefficient (Wildman–Crippen LogP) is 2.21. The first-order valence-electron chi connectivity index (χ1n) is 7.62. The van der Waals surface area contributed by atoms with E-state index in [1.165, 1.54) is 6.07 Å². The van der Waals surface area contributed by atoms with Crippen LogP contribution < -0.4 is 15.5 Å². The number of amides is 1. The van der Waals surface area contributed by atoms with E-state index in [2.05, 4.69) is 17.6 Å². The highest BCUT2D eigenvalue weighted by molar-refractivity contribution is 5.86. The summed E-state index contributed by atoms with van der Waals surface area (Å²) in [6, 6.07) is 4.73. The Bertz CT molecular complexity index is 506. The summed E-state index contributed by atoms with van der Waals surface area (Å²) >= 11 is 0. The molecule has 2 unspecified atom stereocenters. The van der Waals surface area contributed by atoms with Crippen LogP contribution in [0.4, 0.5) is 10.1 Å². The Kier molecular flexibility index (Phi) is 5.17. The van der Waals surface area contributed by atoms with Gasteiger partial charge in [0.25, 0.3) is 0 Å². The van der Waals surface area contributed by atoms with Gasteiger partial charge in [-0.1, -0.05) is 13.0 Å². The fraction of sp³-hybridized carbons (Fsp3) is 0.562. The van der Waals surface area contributed by atoms with E-state index in [1.54, 1.807) is 6.07 Å². The molecule has 1 aromatic rings. The lowest BCUT2D eigenvalue weighted by Gasteiger charge is -2.37. The number of halogens is 1. The number of nitrogens with zero attached hydrogens (tertiary/aromatic N) is 1. The minimum atomic E-state index is -0.280. The number of benzene rings is 1. The smallest absolute Gasteiger partial charge is 0.242 e. The second-order valence-corrected chi connectivity index (χ2v) is 5.51. The van der Waals surface area contributed by atoms with Crippen LogP contribution >= 0.6 is 0 Å². The first-order chi connectivity index (χ1) is 10.1.